The molecule has 228 valence electrons. The fourth-order valence-electron chi connectivity index (χ4n) is 6.43. The number of aromatic nitrogens is 1. The Bertz CT molecular complexity index is 1460. The number of hydrogen-bond acceptors (Lipinski definition) is 5. The quantitative estimate of drug-likeness (QED) is 0.191. The van der Waals surface area contributed by atoms with E-state index in [2.05, 4.69) is 106 Å². The summed E-state index contributed by atoms with van der Waals surface area (Å²) >= 11 is 6.81. The van der Waals surface area contributed by atoms with Gasteiger partial charge in [0.15, 0.2) is 0 Å². The molecule has 2 aromatic carbocycles. The minimum atomic E-state index is 0.367. The zero-order valence-corrected chi connectivity index (χ0v) is 28.0. The van der Waals surface area contributed by atoms with Crippen LogP contribution in [0.1, 0.15) is 114 Å². The average molecular weight is 600 g/mol. The summed E-state index contributed by atoms with van der Waals surface area (Å²) in [7, 11) is 0. The van der Waals surface area contributed by atoms with E-state index in [0.717, 1.165) is 38.0 Å². The van der Waals surface area contributed by atoms with E-state index in [-0.39, 0.29) is 0 Å². The maximum atomic E-state index is 6.81. The average Bonchev–Trinajstić information content (AvgIpc) is 3.66. The second-order valence-corrected chi connectivity index (χ2v) is 13.6. The molecule has 0 atom stereocenters. The summed E-state index contributed by atoms with van der Waals surface area (Å²) in [4.78, 5) is 9.41. The molecule has 0 aliphatic carbocycles. The lowest BCUT2D eigenvalue weighted by Crippen LogP contribution is -2.29. The van der Waals surface area contributed by atoms with Gasteiger partial charge >= 0.3 is 5.96 Å². The number of anilines is 2. The van der Waals surface area contributed by atoms with Gasteiger partial charge in [0.1, 0.15) is 36.0 Å². The molecule has 0 spiro atoms. The molecule has 0 unspecified atom stereocenters. The van der Waals surface area contributed by atoms with E-state index in [1.807, 2.05) is 6.07 Å². The Labute approximate surface area is 263 Å². The van der Waals surface area contributed by atoms with Crippen molar-refractivity contribution in [1.82, 2.24) is 4.98 Å². The van der Waals surface area contributed by atoms with Crippen molar-refractivity contribution >= 4 is 40.4 Å². The third-order valence-corrected chi connectivity index (χ3v) is 9.05. The van der Waals surface area contributed by atoms with Crippen LogP contribution in [-0.4, -0.2) is 41.7 Å². The minimum Gasteiger partial charge on any atom is -0.357 e. The van der Waals surface area contributed by atoms with E-state index in [1.54, 1.807) is 6.20 Å². The first-order valence-electron chi connectivity index (χ1n) is 16.1. The number of rotatable bonds is 8. The zero-order valence-electron chi connectivity index (χ0n) is 27.2. The first-order chi connectivity index (χ1) is 20.6. The largest absolute Gasteiger partial charge is 0.422 e. The molecule has 43 heavy (non-hydrogen) atoms. The molecule has 5 rings (SSSR count). The number of guanidine groups is 1. The van der Waals surface area contributed by atoms with Gasteiger partial charge in [-0.3, -0.25) is 0 Å². The van der Waals surface area contributed by atoms with Crippen molar-refractivity contribution in [3.63, 3.8) is 0 Å². The third-order valence-electron chi connectivity index (χ3n) is 8.75. The van der Waals surface area contributed by atoms with Crippen LogP contribution in [-0.2, 0) is 0 Å². The van der Waals surface area contributed by atoms with E-state index >= 15 is 0 Å². The number of halogens is 1. The highest BCUT2D eigenvalue weighted by Gasteiger charge is 2.39. The first kappa shape index (κ1) is 31.2. The molecule has 0 bridgehead atoms. The van der Waals surface area contributed by atoms with Crippen molar-refractivity contribution in [2.45, 2.75) is 91.9 Å². The minimum absolute atomic E-state index is 0.367. The second-order valence-electron chi connectivity index (χ2n) is 13.2. The molecule has 0 N–H and O–H groups in total. The highest BCUT2D eigenvalue weighted by atomic mass is 35.5. The number of para-hydroxylation sites is 2. The Morgan fingerprint density at radius 2 is 1.28 bits per heavy atom. The number of benzene rings is 2. The van der Waals surface area contributed by atoms with Crippen molar-refractivity contribution in [3.05, 3.63) is 75.9 Å². The van der Waals surface area contributed by atoms with Crippen LogP contribution in [0.25, 0.3) is 0 Å². The van der Waals surface area contributed by atoms with Crippen LogP contribution in [0.3, 0.4) is 0 Å². The Balaban J connectivity index is 1.71. The normalized spacial score (nSPS) is 16.0. The topological polar surface area (TPSA) is 47.1 Å². The number of azo groups is 1. The molecule has 1 fully saturated rings. The maximum absolute atomic E-state index is 6.81. The fourth-order valence-corrected chi connectivity index (χ4v) is 6.61. The Morgan fingerprint density at radius 1 is 0.744 bits per heavy atom. The summed E-state index contributed by atoms with van der Waals surface area (Å²) in [5.74, 6) is 3.22. The molecule has 1 saturated heterocycles. The first-order valence-corrected chi connectivity index (χ1v) is 16.5. The van der Waals surface area contributed by atoms with Gasteiger partial charge in [-0.25, -0.2) is 14.5 Å². The van der Waals surface area contributed by atoms with Gasteiger partial charge in [-0.15, -0.1) is 0 Å². The molecule has 3 heterocycles. The highest BCUT2D eigenvalue weighted by molar-refractivity contribution is 6.33. The van der Waals surface area contributed by atoms with E-state index < -0.39 is 0 Å². The number of hydrogen-bond donors (Lipinski definition) is 0. The number of nitrogens with zero attached hydrogens (tertiary/aromatic N) is 6. The van der Waals surface area contributed by atoms with Crippen LogP contribution in [0.15, 0.2) is 58.9 Å². The summed E-state index contributed by atoms with van der Waals surface area (Å²) < 4.78 is 2.40. The van der Waals surface area contributed by atoms with Crippen LogP contribution < -0.4 is 9.80 Å². The second kappa shape index (κ2) is 13.2. The van der Waals surface area contributed by atoms with Gasteiger partial charge in [-0.1, -0.05) is 109 Å². The van der Waals surface area contributed by atoms with Crippen molar-refractivity contribution < 1.29 is 4.58 Å². The Kier molecular flexibility index (Phi) is 9.55. The molecule has 2 aliphatic heterocycles. The third kappa shape index (κ3) is 6.35. The van der Waals surface area contributed by atoms with Crippen LogP contribution in [0.5, 0.6) is 0 Å². The van der Waals surface area contributed by atoms with Gasteiger partial charge in [0, 0.05) is 24.3 Å². The van der Waals surface area contributed by atoms with E-state index in [0.29, 0.717) is 34.4 Å². The van der Waals surface area contributed by atoms with Gasteiger partial charge in [-0.05, 0) is 58.8 Å². The summed E-state index contributed by atoms with van der Waals surface area (Å²) in [5.41, 5.74) is 8.42. The van der Waals surface area contributed by atoms with Crippen molar-refractivity contribution in [3.8, 4) is 0 Å². The monoisotopic (exact) mass is 599 g/mol. The van der Waals surface area contributed by atoms with Crippen LogP contribution in [0.4, 0.5) is 22.9 Å². The van der Waals surface area contributed by atoms with Crippen LogP contribution >= 0.6 is 11.6 Å². The van der Waals surface area contributed by atoms with Crippen molar-refractivity contribution in [2.24, 2.45) is 10.2 Å². The predicted octanol–water partition coefficient (Wildman–Crippen LogP) is 10.1. The molecule has 0 amide bonds. The smallest absolute Gasteiger partial charge is 0.357 e. The van der Waals surface area contributed by atoms with Gasteiger partial charge in [0.05, 0.1) is 11.2 Å². The predicted molar refractivity (Wildman–Crippen MR) is 182 cm³/mol. The lowest BCUT2D eigenvalue weighted by Gasteiger charge is -2.23. The van der Waals surface area contributed by atoms with E-state index in [1.165, 1.54) is 46.5 Å². The zero-order chi connectivity index (χ0) is 30.8. The lowest BCUT2D eigenvalue weighted by molar-refractivity contribution is -0.431. The van der Waals surface area contributed by atoms with Gasteiger partial charge in [0.2, 0.25) is 0 Å². The summed E-state index contributed by atoms with van der Waals surface area (Å²) in [6, 6.07) is 15.4. The molecule has 6 nitrogen and oxygen atoms in total. The van der Waals surface area contributed by atoms with Gasteiger partial charge in [-0.2, -0.15) is 0 Å². The van der Waals surface area contributed by atoms with Gasteiger partial charge < -0.3 is 4.90 Å². The molecular formula is C36H48ClN6+. The summed E-state index contributed by atoms with van der Waals surface area (Å²) in [5, 5.41) is 10.4. The Morgan fingerprint density at radius 3 is 1.79 bits per heavy atom. The maximum Gasteiger partial charge on any atom is 0.422 e. The van der Waals surface area contributed by atoms with Gasteiger partial charge in [0.25, 0.3) is 0 Å². The molecule has 7 heteroatoms. The summed E-state index contributed by atoms with van der Waals surface area (Å²) in [6.45, 7) is 21.9. The molecule has 2 aliphatic rings. The van der Waals surface area contributed by atoms with E-state index in [9.17, 15) is 0 Å². The van der Waals surface area contributed by atoms with Crippen LogP contribution in [0.2, 0.25) is 5.02 Å². The van der Waals surface area contributed by atoms with Crippen molar-refractivity contribution in [2.75, 3.05) is 36.0 Å². The summed E-state index contributed by atoms with van der Waals surface area (Å²) in [6.07, 6.45) is 4.15. The highest BCUT2D eigenvalue weighted by Crippen LogP contribution is 2.40. The molecule has 3 aromatic rings. The molecule has 0 saturated carbocycles. The molecule has 1 aromatic heterocycles. The fraction of sp³-hybridized carbons (Fsp3) is 0.500. The number of pyridine rings is 1. The molecule has 0 radical (unpaired) electrons. The standard InChI is InChI=1S/C36H48ClN6/c1-23(2)27-13-11-14-28(24(3)4)34(27)42-19-20-43(35-29(25(5)6)15-12-16-30(35)26(7)8)36(42)40-39-32-22-38-33(21-31(32)37)41-17-9-10-18-41/h11-16,21-26H,9-10,17-20H2,1-8H3/q+1. The van der Waals surface area contributed by atoms with E-state index in [4.69, 9.17) is 26.8 Å². The molecular weight excluding hydrogens is 552 g/mol. The Hall–Kier alpha value is -3.25. The van der Waals surface area contributed by atoms with Crippen molar-refractivity contribution in [1.29, 1.82) is 0 Å². The lowest BCUT2D eigenvalue weighted by atomic mass is 9.92. The SMILES string of the molecule is CC(C)c1cccc(C(C)C)c1N1CC[N+](c2c(C(C)C)cccc2C(C)C)=C1N=Nc1cnc(N2CCCC2)cc1Cl. The van der Waals surface area contributed by atoms with Crippen LogP contribution in [0, 0.1) is 0 Å².